The maximum atomic E-state index is 12.9. The number of hydrogen-bond acceptors (Lipinski definition) is 3. The molecule has 1 saturated heterocycles. The lowest BCUT2D eigenvalue weighted by molar-refractivity contribution is -0.139. The third-order valence-corrected chi connectivity index (χ3v) is 6.08. The van der Waals surface area contributed by atoms with Gasteiger partial charge in [-0.3, -0.25) is 9.59 Å². The van der Waals surface area contributed by atoms with Crippen LogP contribution in [0, 0.1) is 5.92 Å². The van der Waals surface area contributed by atoms with E-state index >= 15 is 0 Å². The number of ether oxygens (including phenoxy) is 1. The molecule has 2 aromatic carbocycles. The van der Waals surface area contributed by atoms with E-state index in [0.29, 0.717) is 23.3 Å². The summed E-state index contributed by atoms with van der Waals surface area (Å²) in [5.41, 5.74) is 1.15. The van der Waals surface area contributed by atoms with Gasteiger partial charge in [0.15, 0.2) is 6.61 Å². The number of anilines is 1. The number of carbonyl (C=O) groups excluding carboxylic acids is 2. The zero-order chi connectivity index (χ0) is 20.1. The van der Waals surface area contributed by atoms with E-state index in [1.165, 1.54) is 25.7 Å². The molecule has 2 aromatic rings. The molecular formula is C24H28N2O3. The predicted molar refractivity (Wildman–Crippen MR) is 113 cm³/mol. The van der Waals surface area contributed by atoms with Crippen LogP contribution in [-0.2, 0) is 4.79 Å². The summed E-state index contributed by atoms with van der Waals surface area (Å²) in [5, 5.41) is 2.87. The molecule has 2 fully saturated rings. The summed E-state index contributed by atoms with van der Waals surface area (Å²) in [7, 11) is 0. The molecule has 1 aliphatic carbocycles. The lowest BCUT2D eigenvalue weighted by Gasteiger charge is -2.44. The first-order valence-electron chi connectivity index (χ1n) is 10.6. The summed E-state index contributed by atoms with van der Waals surface area (Å²) in [6, 6.07) is 16.7. The predicted octanol–water partition coefficient (Wildman–Crippen LogP) is 4.50. The number of hydrogen-bond donors (Lipinski definition) is 1. The standard InChI is InChI=1S/C24H28N2O3/c27-23(26-16-8-10-18-9-4-6-14-21(18)26)17-29-22-15-7-5-13-20(22)24(28)25-19-11-2-1-3-12-19/h1-3,5,7,11-13,15,18,21H,4,6,8-10,14,16-17H2,(H,25,28)/t18-,21+/m0/s1. The third kappa shape index (κ3) is 4.61. The lowest BCUT2D eigenvalue weighted by atomic mass is 9.78. The molecular weight excluding hydrogens is 364 g/mol. The molecule has 2 atom stereocenters. The Balaban J connectivity index is 1.41. The van der Waals surface area contributed by atoms with Crippen molar-refractivity contribution < 1.29 is 14.3 Å². The van der Waals surface area contributed by atoms with Crippen molar-refractivity contribution in [3.8, 4) is 5.75 Å². The van der Waals surface area contributed by atoms with Crippen LogP contribution in [-0.4, -0.2) is 35.9 Å². The van der Waals surface area contributed by atoms with Gasteiger partial charge >= 0.3 is 0 Å². The molecule has 0 unspecified atom stereocenters. The van der Waals surface area contributed by atoms with Gasteiger partial charge in [-0.2, -0.15) is 0 Å². The number of para-hydroxylation sites is 2. The minimum atomic E-state index is -0.246. The molecule has 4 rings (SSSR count). The smallest absolute Gasteiger partial charge is 0.260 e. The average molecular weight is 392 g/mol. The molecule has 0 bridgehead atoms. The summed E-state index contributed by atoms with van der Waals surface area (Å²) < 4.78 is 5.84. The fraction of sp³-hybridized carbons (Fsp3) is 0.417. The van der Waals surface area contributed by atoms with E-state index in [-0.39, 0.29) is 18.4 Å². The molecule has 0 radical (unpaired) electrons. The minimum absolute atomic E-state index is 0.0277. The fourth-order valence-electron chi connectivity index (χ4n) is 4.66. The molecule has 5 heteroatoms. The second kappa shape index (κ2) is 9.12. The largest absolute Gasteiger partial charge is 0.483 e. The molecule has 2 aliphatic rings. The average Bonchev–Trinajstić information content (AvgIpc) is 2.78. The van der Waals surface area contributed by atoms with E-state index in [1.807, 2.05) is 41.3 Å². The number of nitrogens with zero attached hydrogens (tertiary/aromatic N) is 1. The van der Waals surface area contributed by atoms with Crippen LogP contribution in [0.15, 0.2) is 54.6 Å². The second-order valence-corrected chi connectivity index (χ2v) is 7.95. The van der Waals surface area contributed by atoms with Crippen LogP contribution in [0.1, 0.15) is 48.9 Å². The van der Waals surface area contributed by atoms with E-state index in [1.54, 1.807) is 18.2 Å². The first-order chi connectivity index (χ1) is 14.2. The first kappa shape index (κ1) is 19.5. The molecule has 1 heterocycles. The van der Waals surface area contributed by atoms with Crippen LogP contribution in [0.25, 0.3) is 0 Å². The van der Waals surface area contributed by atoms with Gasteiger partial charge in [-0.05, 0) is 55.9 Å². The maximum Gasteiger partial charge on any atom is 0.260 e. The van der Waals surface area contributed by atoms with Gasteiger partial charge in [0.25, 0.3) is 11.8 Å². The minimum Gasteiger partial charge on any atom is -0.483 e. The molecule has 29 heavy (non-hydrogen) atoms. The summed E-state index contributed by atoms with van der Waals surface area (Å²) in [6.07, 6.45) is 7.13. The Hall–Kier alpha value is -2.82. The van der Waals surface area contributed by atoms with Crippen molar-refractivity contribution in [3.05, 3.63) is 60.2 Å². The van der Waals surface area contributed by atoms with Gasteiger partial charge in [0, 0.05) is 18.3 Å². The van der Waals surface area contributed by atoms with Gasteiger partial charge in [-0.1, -0.05) is 43.2 Å². The number of benzene rings is 2. The summed E-state index contributed by atoms with van der Waals surface area (Å²) in [5.74, 6) is 0.862. The van der Waals surface area contributed by atoms with Crippen molar-refractivity contribution in [3.63, 3.8) is 0 Å². The summed E-state index contributed by atoms with van der Waals surface area (Å²) in [6.45, 7) is 0.790. The highest BCUT2D eigenvalue weighted by Crippen LogP contribution is 2.35. The van der Waals surface area contributed by atoms with Crippen LogP contribution in [0.3, 0.4) is 0 Å². The normalized spacial score (nSPS) is 21.2. The monoisotopic (exact) mass is 392 g/mol. The van der Waals surface area contributed by atoms with Gasteiger partial charge in [0.05, 0.1) is 5.56 Å². The van der Waals surface area contributed by atoms with E-state index in [9.17, 15) is 9.59 Å². The first-order valence-corrected chi connectivity index (χ1v) is 10.6. The Morgan fingerprint density at radius 3 is 2.52 bits per heavy atom. The Morgan fingerprint density at radius 2 is 1.66 bits per heavy atom. The van der Waals surface area contributed by atoms with Gasteiger partial charge in [-0.15, -0.1) is 0 Å². The fourth-order valence-corrected chi connectivity index (χ4v) is 4.66. The highest BCUT2D eigenvalue weighted by atomic mass is 16.5. The highest BCUT2D eigenvalue weighted by Gasteiger charge is 2.35. The number of carbonyl (C=O) groups is 2. The van der Waals surface area contributed by atoms with Crippen LogP contribution in [0.5, 0.6) is 5.75 Å². The zero-order valence-corrected chi connectivity index (χ0v) is 16.7. The highest BCUT2D eigenvalue weighted by molar-refractivity contribution is 6.06. The van der Waals surface area contributed by atoms with Crippen LogP contribution in [0.4, 0.5) is 5.69 Å². The van der Waals surface area contributed by atoms with Crippen molar-refractivity contribution in [2.75, 3.05) is 18.5 Å². The summed E-state index contributed by atoms with van der Waals surface area (Å²) >= 11 is 0. The molecule has 5 nitrogen and oxygen atoms in total. The molecule has 1 aliphatic heterocycles. The maximum absolute atomic E-state index is 12.9. The van der Waals surface area contributed by atoms with Crippen molar-refractivity contribution in [1.82, 2.24) is 4.90 Å². The van der Waals surface area contributed by atoms with Crippen molar-refractivity contribution in [1.29, 1.82) is 0 Å². The van der Waals surface area contributed by atoms with Gasteiger partial charge in [-0.25, -0.2) is 0 Å². The molecule has 1 saturated carbocycles. The quantitative estimate of drug-likeness (QED) is 0.815. The Labute approximate surface area is 172 Å². The zero-order valence-electron chi connectivity index (χ0n) is 16.7. The van der Waals surface area contributed by atoms with E-state index < -0.39 is 0 Å². The number of rotatable bonds is 5. The van der Waals surface area contributed by atoms with Crippen molar-refractivity contribution in [2.45, 2.75) is 44.6 Å². The number of amides is 2. The number of nitrogens with one attached hydrogen (secondary N) is 1. The van der Waals surface area contributed by atoms with Crippen LogP contribution in [0.2, 0.25) is 0 Å². The van der Waals surface area contributed by atoms with E-state index in [2.05, 4.69) is 5.32 Å². The van der Waals surface area contributed by atoms with Gasteiger partial charge in [0.1, 0.15) is 5.75 Å². The van der Waals surface area contributed by atoms with Crippen LogP contribution < -0.4 is 10.1 Å². The van der Waals surface area contributed by atoms with Crippen molar-refractivity contribution >= 4 is 17.5 Å². The summed E-state index contributed by atoms with van der Waals surface area (Å²) in [4.78, 5) is 27.6. The molecule has 0 aromatic heterocycles. The van der Waals surface area contributed by atoms with E-state index in [0.717, 1.165) is 25.1 Å². The third-order valence-electron chi connectivity index (χ3n) is 6.08. The van der Waals surface area contributed by atoms with Crippen molar-refractivity contribution in [2.24, 2.45) is 5.92 Å². The van der Waals surface area contributed by atoms with Crippen LogP contribution >= 0.6 is 0 Å². The SMILES string of the molecule is O=C(Nc1ccccc1)c1ccccc1OCC(=O)N1CCC[C@@H]2CCCC[C@H]21. The second-order valence-electron chi connectivity index (χ2n) is 7.95. The van der Waals surface area contributed by atoms with E-state index in [4.69, 9.17) is 4.74 Å². The molecule has 1 N–H and O–H groups in total. The molecule has 0 spiro atoms. The Morgan fingerprint density at radius 1 is 0.931 bits per heavy atom. The van der Waals surface area contributed by atoms with Gasteiger partial charge in [0.2, 0.25) is 0 Å². The number of piperidine rings is 1. The topological polar surface area (TPSA) is 58.6 Å². The number of fused-ring (bicyclic) bond motifs is 1. The molecule has 2 amide bonds. The van der Waals surface area contributed by atoms with Gasteiger partial charge < -0.3 is 15.0 Å². The number of likely N-dealkylation sites (tertiary alicyclic amines) is 1. The Bertz CT molecular complexity index is 850. The Kier molecular flexibility index (Phi) is 6.13. The lowest BCUT2D eigenvalue weighted by Crippen LogP contribution is -2.51. The molecule has 152 valence electrons.